The zero-order valence-electron chi connectivity index (χ0n) is 23.7. The molecule has 5 heterocycles. The lowest BCUT2D eigenvalue weighted by Gasteiger charge is -2.15. The summed E-state index contributed by atoms with van der Waals surface area (Å²) in [6, 6.07) is 5.18. The van der Waals surface area contributed by atoms with E-state index in [1.165, 1.54) is 23.1 Å². The highest BCUT2D eigenvalue weighted by atomic mass is 32.1. The third-order valence-electron chi connectivity index (χ3n) is 6.22. The molecule has 0 radical (unpaired) electrons. The molecule has 0 saturated heterocycles. The van der Waals surface area contributed by atoms with E-state index in [-0.39, 0.29) is 12.7 Å². The van der Waals surface area contributed by atoms with Crippen LogP contribution in [0.15, 0.2) is 55.6 Å². The van der Waals surface area contributed by atoms with Crippen molar-refractivity contribution < 1.29 is 14.3 Å². The average molecular weight is 625 g/mol. The Morgan fingerprint density at radius 3 is 2.12 bits per heavy atom. The Labute approximate surface area is 256 Å². The Balaban J connectivity index is 0.000000196. The molecule has 4 aromatic heterocycles. The average Bonchev–Trinajstić information content (AvgIpc) is 3.87. The maximum atomic E-state index is 12.2. The first-order chi connectivity index (χ1) is 21.0. The van der Waals surface area contributed by atoms with Gasteiger partial charge in [-0.05, 0) is 37.6 Å². The highest BCUT2D eigenvalue weighted by molar-refractivity contribution is 7.10. The standard InChI is InChI=1S/C17H18N6O3S.C9H14N6S/c1-22(17-20-16(21-27-17)23-8-6-18-10-23)7-2-5-19-15(24)12-3-4-13-14(9-12)26-11-25-13;1-14(5-2-3-10)9-12-8(13-16-9)15-6-4-11-7-15/h3-4,6,8-10H,2,5,7,11H2,1H3,(H,19,24);4,6-7H,2-3,5,10H2,1H3. The van der Waals surface area contributed by atoms with Gasteiger partial charge in [0, 0.05) is 87.1 Å². The molecule has 0 fully saturated rings. The van der Waals surface area contributed by atoms with Gasteiger partial charge < -0.3 is 30.3 Å². The summed E-state index contributed by atoms with van der Waals surface area (Å²) < 4.78 is 22.7. The molecular weight excluding hydrogens is 593 g/mol. The van der Waals surface area contributed by atoms with Gasteiger partial charge in [-0.1, -0.05) is 0 Å². The maximum absolute atomic E-state index is 12.2. The Hall–Kier alpha value is -4.61. The fourth-order valence-corrected chi connectivity index (χ4v) is 5.17. The summed E-state index contributed by atoms with van der Waals surface area (Å²) in [6.07, 6.45) is 12.1. The van der Waals surface area contributed by atoms with Crippen LogP contribution in [0.1, 0.15) is 23.2 Å². The number of hydrogen-bond acceptors (Lipinski definition) is 14. The van der Waals surface area contributed by atoms with E-state index in [9.17, 15) is 4.79 Å². The number of amides is 1. The predicted molar refractivity (Wildman–Crippen MR) is 164 cm³/mol. The highest BCUT2D eigenvalue weighted by Gasteiger charge is 2.16. The van der Waals surface area contributed by atoms with Crippen molar-refractivity contribution in [2.75, 3.05) is 56.9 Å². The van der Waals surface area contributed by atoms with Crippen LogP contribution in [0.5, 0.6) is 11.5 Å². The zero-order valence-corrected chi connectivity index (χ0v) is 25.4. The molecule has 1 aliphatic heterocycles. The Kier molecular flexibility index (Phi) is 10.1. The van der Waals surface area contributed by atoms with Crippen molar-refractivity contribution in [2.24, 2.45) is 5.73 Å². The van der Waals surface area contributed by atoms with Gasteiger partial charge in [0.25, 0.3) is 5.91 Å². The van der Waals surface area contributed by atoms with Crippen LogP contribution < -0.4 is 30.3 Å². The second-order valence-electron chi connectivity index (χ2n) is 9.36. The molecule has 0 atom stereocenters. The Morgan fingerprint density at radius 2 is 1.53 bits per heavy atom. The molecule has 1 aromatic carbocycles. The lowest BCUT2D eigenvalue weighted by Crippen LogP contribution is -2.28. The lowest BCUT2D eigenvalue weighted by atomic mass is 10.2. The number of aromatic nitrogens is 8. The van der Waals surface area contributed by atoms with Gasteiger partial charge in [0.05, 0.1) is 0 Å². The largest absolute Gasteiger partial charge is 0.454 e. The highest BCUT2D eigenvalue weighted by Crippen LogP contribution is 2.32. The van der Waals surface area contributed by atoms with Crippen molar-refractivity contribution in [3.05, 3.63) is 61.2 Å². The summed E-state index contributed by atoms with van der Waals surface area (Å²) >= 11 is 2.71. The zero-order chi connectivity index (χ0) is 30.0. The number of nitrogens with two attached hydrogens (primary N) is 1. The molecule has 0 saturated carbocycles. The van der Waals surface area contributed by atoms with Gasteiger partial charge in [-0.15, -0.1) is 0 Å². The number of nitrogens with one attached hydrogen (secondary N) is 1. The van der Waals surface area contributed by atoms with E-state index in [0.717, 1.165) is 36.2 Å². The van der Waals surface area contributed by atoms with Crippen LogP contribution in [-0.4, -0.2) is 90.8 Å². The first-order valence-electron chi connectivity index (χ1n) is 13.5. The number of ether oxygens (including phenoxy) is 2. The second kappa shape index (κ2) is 14.5. The Morgan fingerprint density at radius 1 is 0.930 bits per heavy atom. The number of carbonyl (C=O) groups excluding carboxylic acids is 1. The molecule has 43 heavy (non-hydrogen) atoms. The minimum atomic E-state index is -0.130. The van der Waals surface area contributed by atoms with Gasteiger partial charge in [-0.3, -0.25) is 13.9 Å². The molecule has 0 aliphatic carbocycles. The van der Waals surface area contributed by atoms with E-state index in [4.69, 9.17) is 15.2 Å². The molecule has 15 nitrogen and oxygen atoms in total. The van der Waals surface area contributed by atoms with E-state index in [1.807, 2.05) is 25.2 Å². The fraction of sp³-hybridized carbons (Fsp3) is 0.346. The van der Waals surface area contributed by atoms with E-state index >= 15 is 0 Å². The van der Waals surface area contributed by atoms with Crippen LogP contribution in [0.3, 0.4) is 0 Å². The van der Waals surface area contributed by atoms with Gasteiger partial charge >= 0.3 is 0 Å². The normalized spacial score (nSPS) is 11.6. The SMILES string of the molecule is CN(CCCN)c1nc(-n2ccnc2)ns1.CN(CCCNC(=O)c1ccc2c(c1)OCO2)c1nc(-n2ccnc2)ns1. The lowest BCUT2D eigenvalue weighted by molar-refractivity contribution is 0.0953. The van der Waals surface area contributed by atoms with E-state index < -0.39 is 0 Å². The van der Waals surface area contributed by atoms with Gasteiger partial charge in [0.2, 0.25) is 29.0 Å². The van der Waals surface area contributed by atoms with Crippen LogP contribution >= 0.6 is 23.1 Å². The first kappa shape index (κ1) is 29.9. The fourth-order valence-electron chi connectivity index (χ4n) is 3.87. The van der Waals surface area contributed by atoms with Gasteiger partial charge in [0.1, 0.15) is 12.7 Å². The molecule has 0 spiro atoms. The van der Waals surface area contributed by atoms with Crippen molar-refractivity contribution in [1.29, 1.82) is 0 Å². The molecule has 3 N–H and O–H groups in total. The van der Waals surface area contributed by atoms with E-state index in [2.05, 4.69) is 38.9 Å². The Bertz CT molecular complexity index is 1570. The number of nitrogens with zero attached hydrogens (tertiary/aromatic N) is 10. The molecule has 17 heteroatoms. The molecular formula is C26H32N12O3S2. The number of fused-ring (bicyclic) bond motifs is 1. The minimum absolute atomic E-state index is 0.130. The summed E-state index contributed by atoms with van der Waals surface area (Å²) in [7, 11) is 3.95. The topological polar surface area (TPSA) is 167 Å². The van der Waals surface area contributed by atoms with Crippen LogP contribution in [0.4, 0.5) is 10.3 Å². The molecule has 6 rings (SSSR count). The number of rotatable bonds is 12. The van der Waals surface area contributed by atoms with E-state index in [0.29, 0.717) is 42.0 Å². The number of hydrogen-bond donors (Lipinski definition) is 2. The number of imidazole rings is 2. The number of anilines is 2. The maximum Gasteiger partial charge on any atom is 0.251 e. The second-order valence-corrected chi connectivity index (χ2v) is 10.8. The smallest absolute Gasteiger partial charge is 0.251 e. The summed E-state index contributed by atoms with van der Waals surface area (Å²) in [6.45, 7) is 3.10. The predicted octanol–water partition coefficient (Wildman–Crippen LogP) is 2.22. The van der Waals surface area contributed by atoms with Crippen LogP contribution in [-0.2, 0) is 0 Å². The number of benzene rings is 1. The third kappa shape index (κ3) is 7.82. The van der Waals surface area contributed by atoms with Gasteiger partial charge in [-0.2, -0.15) is 18.7 Å². The summed E-state index contributed by atoms with van der Waals surface area (Å²) in [5.41, 5.74) is 6.02. The van der Waals surface area contributed by atoms with Gasteiger partial charge in [0.15, 0.2) is 11.5 Å². The third-order valence-corrected chi connectivity index (χ3v) is 7.86. The van der Waals surface area contributed by atoms with Crippen LogP contribution in [0.2, 0.25) is 0 Å². The van der Waals surface area contributed by atoms with Crippen LogP contribution in [0, 0.1) is 0 Å². The molecule has 1 aliphatic rings. The van der Waals surface area contributed by atoms with Crippen molar-refractivity contribution in [2.45, 2.75) is 12.8 Å². The van der Waals surface area contributed by atoms with Crippen molar-refractivity contribution in [3.63, 3.8) is 0 Å². The first-order valence-corrected chi connectivity index (χ1v) is 15.0. The summed E-state index contributed by atoms with van der Waals surface area (Å²) in [5.74, 6) is 2.41. The van der Waals surface area contributed by atoms with Crippen LogP contribution in [0.25, 0.3) is 11.9 Å². The van der Waals surface area contributed by atoms with E-state index in [1.54, 1.807) is 58.6 Å². The molecule has 1 amide bonds. The number of carbonyl (C=O) groups is 1. The molecule has 0 bridgehead atoms. The summed E-state index contributed by atoms with van der Waals surface area (Å²) in [5, 5.41) is 4.64. The van der Waals surface area contributed by atoms with Crippen molar-refractivity contribution in [3.8, 4) is 23.4 Å². The molecule has 5 aromatic rings. The molecule has 0 unspecified atom stereocenters. The summed E-state index contributed by atoms with van der Waals surface area (Å²) in [4.78, 5) is 33.2. The monoisotopic (exact) mass is 624 g/mol. The minimum Gasteiger partial charge on any atom is -0.454 e. The molecule has 226 valence electrons. The van der Waals surface area contributed by atoms with Crippen molar-refractivity contribution >= 4 is 39.2 Å². The van der Waals surface area contributed by atoms with Crippen molar-refractivity contribution in [1.82, 2.24) is 43.1 Å². The quantitative estimate of drug-likeness (QED) is 0.195. The van der Waals surface area contributed by atoms with Gasteiger partial charge in [-0.25, -0.2) is 9.97 Å².